The van der Waals surface area contributed by atoms with Crippen molar-refractivity contribution >= 4 is 11.3 Å². The van der Waals surface area contributed by atoms with E-state index in [9.17, 15) is 13.2 Å². The van der Waals surface area contributed by atoms with Gasteiger partial charge in [-0.1, -0.05) is 13.8 Å². The van der Waals surface area contributed by atoms with E-state index in [1.165, 1.54) is 11.3 Å². The fourth-order valence-corrected chi connectivity index (χ4v) is 2.21. The topological polar surface area (TPSA) is 24.9 Å². The molecule has 0 amide bonds. The summed E-state index contributed by atoms with van der Waals surface area (Å²) in [7, 11) is 0. The van der Waals surface area contributed by atoms with Crippen molar-refractivity contribution in [2.75, 3.05) is 6.54 Å². The molecule has 1 rings (SSSR count). The van der Waals surface area contributed by atoms with Crippen LogP contribution in [0.4, 0.5) is 13.2 Å². The van der Waals surface area contributed by atoms with Gasteiger partial charge in [0.25, 0.3) is 0 Å². The minimum atomic E-state index is -4.16. The van der Waals surface area contributed by atoms with Crippen LogP contribution in [-0.2, 0) is 13.0 Å². The third-order valence-electron chi connectivity index (χ3n) is 1.81. The van der Waals surface area contributed by atoms with Crippen LogP contribution in [0.2, 0.25) is 0 Å². The highest BCUT2D eigenvalue weighted by molar-refractivity contribution is 7.09. The first kappa shape index (κ1) is 13.4. The van der Waals surface area contributed by atoms with E-state index in [0.29, 0.717) is 11.6 Å². The van der Waals surface area contributed by atoms with E-state index in [4.69, 9.17) is 0 Å². The van der Waals surface area contributed by atoms with Crippen LogP contribution < -0.4 is 5.32 Å². The Kier molecular flexibility index (Phi) is 4.73. The highest BCUT2D eigenvalue weighted by Crippen LogP contribution is 2.15. The van der Waals surface area contributed by atoms with Crippen LogP contribution in [0.1, 0.15) is 24.5 Å². The van der Waals surface area contributed by atoms with Crippen LogP contribution in [0.3, 0.4) is 0 Å². The first-order chi connectivity index (χ1) is 7.37. The molecule has 1 aromatic heterocycles. The van der Waals surface area contributed by atoms with Gasteiger partial charge in [0, 0.05) is 18.3 Å². The Labute approximate surface area is 96.9 Å². The monoisotopic (exact) mass is 252 g/mol. The van der Waals surface area contributed by atoms with Crippen molar-refractivity contribution < 1.29 is 13.2 Å². The van der Waals surface area contributed by atoms with Crippen LogP contribution in [0.15, 0.2) is 5.38 Å². The van der Waals surface area contributed by atoms with Gasteiger partial charge in [-0.2, -0.15) is 13.2 Å². The number of hydrogen-bond donors (Lipinski definition) is 1. The van der Waals surface area contributed by atoms with Gasteiger partial charge in [-0.25, -0.2) is 4.98 Å². The molecule has 6 heteroatoms. The van der Waals surface area contributed by atoms with E-state index < -0.39 is 12.7 Å². The number of alkyl halides is 3. The molecule has 92 valence electrons. The predicted octanol–water partition coefficient (Wildman–Crippen LogP) is 2.99. The standard InChI is InChI=1S/C10H15F3N2S/c1-7(2)3-9-15-8(5-16-9)4-14-6-10(11,12)13/h5,7,14H,3-4,6H2,1-2H3. The molecule has 1 N–H and O–H groups in total. The Balaban J connectivity index is 2.35. The second kappa shape index (κ2) is 5.63. The maximum atomic E-state index is 11.9. The second-order valence-electron chi connectivity index (χ2n) is 4.05. The maximum Gasteiger partial charge on any atom is 0.401 e. The summed E-state index contributed by atoms with van der Waals surface area (Å²) in [6, 6.07) is 0. The summed E-state index contributed by atoms with van der Waals surface area (Å²) in [5.41, 5.74) is 0.685. The minimum absolute atomic E-state index is 0.175. The summed E-state index contributed by atoms with van der Waals surface area (Å²) >= 11 is 1.50. The third kappa shape index (κ3) is 5.46. The van der Waals surface area contributed by atoms with E-state index in [1.54, 1.807) is 5.38 Å². The summed E-state index contributed by atoms with van der Waals surface area (Å²) in [6.45, 7) is 3.38. The highest BCUT2D eigenvalue weighted by atomic mass is 32.1. The molecule has 1 heterocycles. The van der Waals surface area contributed by atoms with Crippen molar-refractivity contribution in [2.45, 2.75) is 33.0 Å². The SMILES string of the molecule is CC(C)Cc1nc(CNCC(F)(F)F)cs1. The smallest absolute Gasteiger partial charge is 0.303 e. The number of nitrogens with zero attached hydrogens (tertiary/aromatic N) is 1. The van der Waals surface area contributed by atoms with Crippen molar-refractivity contribution in [3.05, 3.63) is 16.1 Å². The number of nitrogens with one attached hydrogen (secondary N) is 1. The van der Waals surface area contributed by atoms with Crippen molar-refractivity contribution in [3.63, 3.8) is 0 Å². The number of aromatic nitrogens is 1. The summed E-state index contributed by atoms with van der Waals surface area (Å²) in [5.74, 6) is 0.516. The van der Waals surface area contributed by atoms with Crippen molar-refractivity contribution in [2.24, 2.45) is 5.92 Å². The minimum Gasteiger partial charge on any atom is -0.303 e. The summed E-state index contributed by atoms with van der Waals surface area (Å²) in [6.07, 6.45) is -3.28. The Bertz CT molecular complexity index is 320. The fraction of sp³-hybridized carbons (Fsp3) is 0.700. The van der Waals surface area contributed by atoms with Crippen LogP contribution in [0.25, 0.3) is 0 Å². The molecule has 0 aliphatic rings. The lowest BCUT2D eigenvalue weighted by atomic mass is 10.1. The van der Waals surface area contributed by atoms with Crippen LogP contribution >= 0.6 is 11.3 Å². The highest BCUT2D eigenvalue weighted by Gasteiger charge is 2.26. The van der Waals surface area contributed by atoms with Gasteiger partial charge in [0.2, 0.25) is 0 Å². The number of rotatable bonds is 5. The molecule has 16 heavy (non-hydrogen) atoms. The third-order valence-corrected chi connectivity index (χ3v) is 2.73. The molecule has 0 saturated carbocycles. The lowest BCUT2D eigenvalue weighted by Gasteiger charge is -2.06. The van der Waals surface area contributed by atoms with E-state index in [-0.39, 0.29) is 6.54 Å². The average Bonchev–Trinajstić information content (AvgIpc) is 2.49. The van der Waals surface area contributed by atoms with Gasteiger partial charge in [0.1, 0.15) is 0 Å². The molecule has 0 saturated heterocycles. The second-order valence-corrected chi connectivity index (χ2v) is 4.99. The van der Waals surface area contributed by atoms with Crippen LogP contribution in [0, 0.1) is 5.92 Å². The molecule has 0 radical (unpaired) electrons. The number of halogens is 3. The lowest BCUT2D eigenvalue weighted by molar-refractivity contribution is -0.125. The predicted molar refractivity (Wildman–Crippen MR) is 58.4 cm³/mol. The number of thiazole rings is 1. The normalized spacial score (nSPS) is 12.4. The fourth-order valence-electron chi connectivity index (χ4n) is 1.21. The summed E-state index contributed by atoms with van der Waals surface area (Å²) in [5, 5.41) is 5.12. The van der Waals surface area contributed by atoms with E-state index in [1.807, 2.05) is 0 Å². The van der Waals surface area contributed by atoms with E-state index in [2.05, 4.69) is 24.1 Å². The molecule has 0 atom stereocenters. The lowest BCUT2D eigenvalue weighted by Crippen LogP contribution is -2.28. The summed E-state index contributed by atoms with van der Waals surface area (Å²) in [4.78, 5) is 4.26. The molecule has 2 nitrogen and oxygen atoms in total. The zero-order chi connectivity index (χ0) is 12.2. The zero-order valence-electron chi connectivity index (χ0n) is 9.27. The van der Waals surface area contributed by atoms with Gasteiger partial charge >= 0.3 is 6.18 Å². The van der Waals surface area contributed by atoms with Crippen LogP contribution in [0.5, 0.6) is 0 Å². The Morgan fingerprint density at radius 2 is 2.12 bits per heavy atom. The van der Waals surface area contributed by atoms with Gasteiger partial charge in [0.15, 0.2) is 0 Å². The number of hydrogen-bond acceptors (Lipinski definition) is 3. The largest absolute Gasteiger partial charge is 0.401 e. The summed E-state index contributed by atoms with van der Waals surface area (Å²) < 4.78 is 35.6. The van der Waals surface area contributed by atoms with Gasteiger partial charge in [-0.15, -0.1) is 11.3 Å². The molecule has 0 fully saturated rings. The molecule has 0 unspecified atom stereocenters. The van der Waals surface area contributed by atoms with Crippen molar-refractivity contribution in [3.8, 4) is 0 Å². The molecule has 0 bridgehead atoms. The van der Waals surface area contributed by atoms with E-state index >= 15 is 0 Å². The molecular weight excluding hydrogens is 237 g/mol. The quantitative estimate of drug-likeness (QED) is 0.871. The first-order valence-corrected chi connectivity index (χ1v) is 5.95. The van der Waals surface area contributed by atoms with Crippen molar-refractivity contribution in [1.82, 2.24) is 10.3 Å². The zero-order valence-corrected chi connectivity index (χ0v) is 10.1. The van der Waals surface area contributed by atoms with Crippen molar-refractivity contribution in [1.29, 1.82) is 0 Å². The Morgan fingerprint density at radius 1 is 1.44 bits per heavy atom. The van der Waals surface area contributed by atoms with Crippen LogP contribution in [-0.4, -0.2) is 17.7 Å². The Hall–Kier alpha value is -0.620. The molecule has 0 aliphatic heterocycles. The first-order valence-electron chi connectivity index (χ1n) is 5.07. The molecular formula is C10H15F3N2S. The maximum absolute atomic E-state index is 11.9. The van der Waals surface area contributed by atoms with E-state index in [0.717, 1.165) is 11.4 Å². The van der Waals surface area contributed by atoms with Gasteiger partial charge in [-0.3, -0.25) is 0 Å². The Morgan fingerprint density at radius 3 is 2.69 bits per heavy atom. The molecule has 0 aliphatic carbocycles. The van der Waals surface area contributed by atoms with Gasteiger partial charge in [-0.05, 0) is 5.92 Å². The molecule has 1 aromatic rings. The average molecular weight is 252 g/mol. The molecule has 0 spiro atoms. The van der Waals surface area contributed by atoms with Gasteiger partial charge in [0.05, 0.1) is 17.2 Å². The molecule has 0 aromatic carbocycles. The van der Waals surface area contributed by atoms with Gasteiger partial charge < -0.3 is 5.32 Å².